The molecule has 4 aromatic rings. The number of rotatable bonds is 16. The topological polar surface area (TPSA) is 230 Å². The number of primary amides is 1. The predicted molar refractivity (Wildman–Crippen MR) is 205 cm³/mol. The lowest BCUT2D eigenvalue weighted by Crippen LogP contribution is -2.54. The molecule has 1 aliphatic carbocycles. The molecule has 4 aromatic carbocycles. The van der Waals surface area contributed by atoms with Crippen molar-refractivity contribution in [3.63, 3.8) is 0 Å². The first-order valence-corrected chi connectivity index (χ1v) is 17.8. The van der Waals surface area contributed by atoms with Crippen molar-refractivity contribution in [3.8, 4) is 16.9 Å². The smallest absolute Gasteiger partial charge is 0.449 e. The average molecular weight is 767 g/mol. The number of nitrogens with one attached hydrogen (secondary N) is 4. The van der Waals surface area contributed by atoms with Crippen molar-refractivity contribution in [2.45, 2.75) is 51.3 Å². The molecule has 1 aliphatic rings. The maximum absolute atomic E-state index is 13.6. The van der Waals surface area contributed by atoms with Crippen LogP contribution in [-0.4, -0.2) is 60.3 Å². The molecule has 5 rings (SSSR count). The van der Waals surface area contributed by atoms with E-state index < -0.39 is 47.1 Å². The Bertz CT molecular complexity index is 2010. The Morgan fingerprint density at radius 1 is 0.804 bits per heavy atom. The van der Waals surface area contributed by atoms with Crippen LogP contribution in [-0.2, 0) is 25.7 Å². The Morgan fingerprint density at radius 2 is 1.43 bits per heavy atom. The van der Waals surface area contributed by atoms with Crippen LogP contribution in [0.4, 0.5) is 25.8 Å². The molecule has 0 saturated heterocycles. The normalized spacial score (nSPS) is 12.6. The first-order chi connectivity index (χ1) is 26.9. The summed E-state index contributed by atoms with van der Waals surface area (Å²) < 4.78 is 15.8. The molecular formula is C40H42N6O10. The van der Waals surface area contributed by atoms with E-state index in [4.69, 9.17) is 19.9 Å². The second-order valence-corrected chi connectivity index (χ2v) is 13.3. The van der Waals surface area contributed by atoms with Gasteiger partial charge in [-0.2, -0.15) is 0 Å². The van der Waals surface area contributed by atoms with E-state index >= 15 is 0 Å². The number of fused-ring (bicyclic) bond motifs is 3. The third kappa shape index (κ3) is 10.8. The largest absolute Gasteiger partial charge is 0.514 e. The molecule has 6 N–H and O–H groups in total. The van der Waals surface area contributed by atoms with Gasteiger partial charge in [0.25, 0.3) is 5.69 Å². The maximum Gasteiger partial charge on any atom is 0.514 e. The highest BCUT2D eigenvalue weighted by Gasteiger charge is 2.32. The quantitative estimate of drug-likeness (QED) is 0.0305. The van der Waals surface area contributed by atoms with Gasteiger partial charge in [-0.1, -0.05) is 74.5 Å². The number of amides is 5. The van der Waals surface area contributed by atoms with Crippen LogP contribution in [0.25, 0.3) is 11.1 Å². The van der Waals surface area contributed by atoms with Gasteiger partial charge < -0.3 is 41.2 Å². The van der Waals surface area contributed by atoms with Crippen LogP contribution in [0.1, 0.15) is 49.3 Å². The van der Waals surface area contributed by atoms with Crippen molar-refractivity contribution in [3.05, 3.63) is 124 Å². The van der Waals surface area contributed by atoms with Gasteiger partial charge in [0.1, 0.15) is 31.0 Å². The van der Waals surface area contributed by atoms with Crippen LogP contribution in [0.2, 0.25) is 0 Å². The monoisotopic (exact) mass is 766 g/mol. The Hall–Kier alpha value is -6.97. The van der Waals surface area contributed by atoms with E-state index in [9.17, 15) is 34.1 Å². The summed E-state index contributed by atoms with van der Waals surface area (Å²) in [7, 11) is 0. The fourth-order valence-electron chi connectivity index (χ4n) is 6.17. The highest BCUT2D eigenvalue weighted by Crippen LogP contribution is 2.44. The Labute approximate surface area is 322 Å². The van der Waals surface area contributed by atoms with Crippen molar-refractivity contribution in [1.29, 1.82) is 0 Å². The maximum atomic E-state index is 13.6. The number of nitro benzene ring substituents is 1. The number of ether oxygens (including phenoxy) is 3. The van der Waals surface area contributed by atoms with Crippen LogP contribution in [0, 0.1) is 16.0 Å². The van der Waals surface area contributed by atoms with Crippen molar-refractivity contribution in [1.82, 2.24) is 16.0 Å². The molecular weight excluding hydrogens is 724 g/mol. The second-order valence-electron chi connectivity index (χ2n) is 13.3. The number of urea groups is 1. The van der Waals surface area contributed by atoms with Crippen LogP contribution >= 0.6 is 0 Å². The zero-order valence-corrected chi connectivity index (χ0v) is 30.7. The minimum Gasteiger partial charge on any atom is -0.449 e. The standard InChI is InChI=1S/C40H42N6O10/c1-24(2)35(45-39(50)54-23-33-31-10-5-3-8-29(31)30-9-4-6-11-32(30)33)37(48)44-34(12-7-21-42-38(41)49)36(47)43-26-15-13-25(14-16-26)22-55-40(51)56-28-19-17-27(18-20-28)46(52)53/h3-6,8-11,13-20,24,33-35H,7,12,21-23H2,1-2H3,(H,43,47)(H,44,48)(H,45,50)(H3,41,42,49)/t34-,35-/m1/s1. The zero-order chi connectivity index (χ0) is 40.2. The highest BCUT2D eigenvalue weighted by atomic mass is 16.7. The van der Waals surface area contributed by atoms with E-state index in [1.165, 1.54) is 24.3 Å². The van der Waals surface area contributed by atoms with Gasteiger partial charge in [0.15, 0.2) is 0 Å². The summed E-state index contributed by atoms with van der Waals surface area (Å²) in [5.41, 5.74) is 10.2. The minimum atomic E-state index is -1.07. The summed E-state index contributed by atoms with van der Waals surface area (Å²) in [5, 5.41) is 21.4. The van der Waals surface area contributed by atoms with E-state index in [1.807, 2.05) is 48.5 Å². The highest BCUT2D eigenvalue weighted by molar-refractivity contribution is 5.98. The summed E-state index contributed by atoms with van der Waals surface area (Å²) in [6.45, 7) is 3.54. The van der Waals surface area contributed by atoms with Gasteiger partial charge in [-0.3, -0.25) is 19.7 Å². The number of alkyl carbamates (subject to hydrolysis) is 1. The molecule has 0 heterocycles. The zero-order valence-electron chi connectivity index (χ0n) is 30.7. The number of nitrogens with two attached hydrogens (primary N) is 1. The molecule has 0 unspecified atom stereocenters. The van der Waals surface area contributed by atoms with Crippen LogP contribution < -0.4 is 31.7 Å². The third-order valence-electron chi connectivity index (χ3n) is 8.99. The van der Waals surface area contributed by atoms with E-state index in [0.717, 1.165) is 22.3 Å². The number of nitro groups is 1. The van der Waals surface area contributed by atoms with Gasteiger partial charge in [0.05, 0.1) is 4.92 Å². The molecule has 16 nitrogen and oxygen atoms in total. The summed E-state index contributed by atoms with van der Waals surface area (Å²) in [6, 6.07) is 24.3. The first-order valence-electron chi connectivity index (χ1n) is 17.8. The Balaban J connectivity index is 1.16. The molecule has 0 aliphatic heterocycles. The van der Waals surface area contributed by atoms with Crippen molar-refractivity contribution >= 4 is 41.5 Å². The summed E-state index contributed by atoms with van der Waals surface area (Å²) in [6.07, 6.45) is -1.39. The number of carbonyl (C=O) groups excluding carboxylic acids is 5. The lowest BCUT2D eigenvalue weighted by molar-refractivity contribution is -0.384. The van der Waals surface area contributed by atoms with E-state index in [2.05, 4.69) is 21.3 Å². The summed E-state index contributed by atoms with van der Waals surface area (Å²) >= 11 is 0. The van der Waals surface area contributed by atoms with Crippen molar-refractivity contribution in [2.24, 2.45) is 11.7 Å². The van der Waals surface area contributed by atoms with Gasteiger partial charge >= 0.3 is 18.3 Å². The Morgan fingerprint density at radius 3 is 2.02 bits per heavy atom. The number of carbonyl (C=O) groups is 5. The van der Waals surface area contributed by atoms with Crippen molar-refractivity contribution < 1.29 is 43.1 Å². The van der Waals surface area contributed by atoms with Crippen molar-refractivity contribution in [2.75, 3.05) is 18.5 Å². The van der Waals surface area contributed by atoms with Crippen LogP contribution in [0.3, 0.4) is 0 Å². The minimum absolute atomic E-state index is 0.0569. The fourth-order valence-corrected chi connectivity index (χ4v) is 6.17. The summed E-state index contributed by atoms with van der Waals surface area (Å²) in [4.78, 5) is 73.8. The molecule has 0 radical (unpaired) electrons. The number of non-ortho nitro benzene ring substituents is 1. The molecule has 0 saturated carbocycles. The molecule has 2 atom stereocenters. The van der Waals surface area contributed by atoms with Gasteiger partial charge in [0.2, 0.25) is 11.8 Å². The Kier molecular flexibility index (Phi) is 13.6. The summed E-state index contributed by atoms with van der Waals surface area (Å²) in [5.74, 6) is -1.65. The van der Waals surface area contributed by atoms with Gasteiger partial charge in [-0.15, -0.1) is 0 Å². The van der Waals surface area contributed by atoms with Crippen LogP contribution in [0.5, 0.6) is 5.75 Å². The van der Waals surface area contributed by atoms with Gasteiger partial charge in [-0.05, 0) is 70.8 Å². The molecule has 56 heavy (non-hydrogen) atoms. The first kappa shape index (κ1) is 40.2. The molecule has 0 spiro atoms. The number of benzene rings is 4. The van der Waals surface area contributed by atoms with E-state index in [1.54, 1.807) is 38.1 Å². The molecule has 0 fully saturated rings. The van der Waals surface area contributed by atoms with E-state index in [-0.39, 0.29) is 49.5 Å². The van der Waals surface area contributed by atoms with Gasteiger partial charge in [0, 0.05) is 30.3 Å². The lowest BCUT2D eigenvalue weighted by atomic mass is 9.98. The third-order valence-corrected chi connectivity index (χ3v) is 8.99. The van der Waals surface area contributed by atoms with Gasteiger partial charge in [-0.25, -0.2) is 14.4 Å². The SMILES string of the molecule is CC(C)[C@@H](NC(=O)OCC1c2ccccc2-c2ccccc21)C(=O)N[C@H](CCCNC(N)=O)C(=O)Nc1ccc(COC(=O)Oc2ccc([N+](=O)[O-])cc2)cc1. The molecule has 0 aromatic heterocycles. The molecule has 0 bridgehead atoms. The number of anilines is 1. The average Bonchev–Trinajstić information content (AvgIpc) is 3.50. The second kappa shape index (κ2) is 18.9. The van der Waals surface area contributed by atoms with E-state index in [0.29, 0.717) is 17.7 Å². The fraction of sp³-hybridized carbons (Fsp3) is 0.275. The molecule has 292 valence electrons. The predicted octanol–water partition coefficient (Wildman–Crippen LogP) is 5.75. The number of nitrogens with zero attached hydrogens (tertiary/aromatic N) is 1. The number of hydrogen-bond donors (Lipinski definition) is 5. The number of hydrogen-bond acceptors (Lipinski definition) is 10. The molecule has 5 amide bonds. The lowest BCUT2D eigenvalue weighted by Gasteiger charge is -2.25. The molecule has 16 heteroatoms. The van der Waals surface area contributed by atoms with Crippen LogP contribution in [0.15, 0.2) is 97.1 Å².